The average molecular weight is 337 g/mol. The molecular formula is C21H22FN2O+. The molecule has 0 spiro atoms. The van der Waals surface area contributed by atoms with Gasteiger partial charge in [-0.05, 0) is 29.0 Å². The Kier molecular flexibility index (Phi) is 5.10. The van der Waals surface area contributed by atoms with Crippen LogP contribution in [0.4, 0.5) is 4.39 Å². The van der Waals surface area contributed by atoms with E-state index >= 15 is 0 Å². The van der Waals surface area contributed by atoms with Gasteiger partial charge in [0.15, 0.2) is 0 Å². The zero-order valence-electron chi connectivity index (χ0n) is 14.4. The van der Waals surface area contributed by atoms with Crippen LogP contribution in [0.3, 0.4) is 0 Å². The summed E-state index contributed by atoms with van der Waals surface area (Å²) in [7, 11) is 4.06. The standard InChI is InChI=1S/C21H21FN2O/c1-24(2)20(16-7-5-8-17(22)12-16)14-23-13-19-18-9-4-3-6-15(18)10-11-21(19)25/h3-13,20,25H,14H2,1-2H3/p+1/t20-/m1/s1. The Morgan fingerprint density at radius 2 is 1.88 bits per heavy atom. The minimum Gasteiger partial charge on any atom is -0.507 e. The molecule has 0 unspecified atom stereocenters. The highest BCUT2D eigenvalue weighted by Gasteiger charge is 2.17. The van der Waals surface area contributed by atoms with E-state index in [1.165, 1.54) is 11.0 Å². The number of hydrogen-bond acceptors (Lipinski definition) is 2. The van der Waals surface area contributed by atoms with E-state index in [1.807, 2.05) is 50.5 Å². The van der Waals surface area contributed by atoms with Crippen LogP contribution >= 0.6 is 0 Å². The fourth-order valence-electron chi connectivity index (χ4n) is 3.01. The van der Waals surface area contributed by atoms with Crippen molar-refractivity contribution in [2.75, 3.05) is 20.6 Å². The number of fused-ring (bicyclic) bond motifs is 1. The first kappa shape index (κ1) is 17.1. The lowest BCUT2D eigenvalue weighted by atomic mass is 10.0. The molecule has 0 aliphatic rings. The molecule has 128 valence electrons. The van der Waals surface area contributed by atoms with Crippen LogP contribution in [0, 0.1) is 5.82 Å². The number of phenols is 1. The molecule has 0 saturated carbocycles. The van der Waals surface area contributed by atoms with Gasteiger partial charge >= 0.3 is 0 Å². The molecule has 0 bridgehead atoms. The summed E-state index contributed by atoms with van der Waals surface area (Å²) in [6.45, 7) is 0.508. The number of phenolic OH excluding ortho intramolecular Hbond substituents is 1. The molecule has 0 aliphatic carbocycles. The highest BCUT2D eigenvalue weighted by Crippen LogP contribution is 2.25. The second-order valence-corrected chi connectivity index (χ2v) is 6.40. The largest absolute Gasteiger partial charge is 0.507 e. The maximum atomic E-state index is 13.5. The van der Waals surface area contributed by atoms with Gasteiger partial charge in [-0.3, -0.25) is 4.99 Å². The van der Waals surface area contributed by atoms with Crippen LogP contribution in [0.2, 0.25) is 0 Å². The van der Waals surface area contributed by atoms with E-state index in [2.05, 4.69) is 4.99 Å². The fraction of sp³-hybridized carbons (Fsp3) is 0.190. The number of nitrogens with one attached hydrogen (secondary N) is 1. The first-order valence-electron chi connectivity index (χ1n) is 8.32. The Morgan fingerprint density at radius 1 is 1.08 bits per heavy atom. The molecule has 3 rings (SSSR count). The van der Waals surface area contributed by atoms with Crippen molar-refractivity contribution in [1.29, 1.82) is 0 Å². The van der Waals surface area contributed by atoms with Crippen molar-refractivity contribution in [3.8, 4) is 5.75 Å². The molecule has 0 fully saturated rings. The van der Waals surface area contributed by atoms with E-state index in [0.717, 1.165) is 16.3 Å². The molecule has 2 N–H and O–H groups in total. The van der Waals surface area contributed by atoms with Crippen molar-refractivity contribution in [3.63, 3.8) is 0 Å². The third-order valence-corrected chi connectivity index (χ3v) is 4.40. The Labute approximate surface area is 147 Å². The summed E-state index contributed by atoms with van der Waals surface area (Å²) in [5.41, 5.74) is 1.63. The molecule has 0 heterocycles. The molecular weight excluding hydrogens is 315 g/mol. The van der Waals surface area contributed by atoms with Gasteiger partial charge in [-0.15, -0.1) is 0 Å². The van der Waals surface area contributed by atoms with E-state index in [-0.39, 0.29) is 17.6 Å². The van der Waals surface area contributed by atoms with E-state index in [1.54, 1.807) is 24.4 Å². The van der Waals surface area contributed by atoms with Gasteiger partial charge in [-0.25, -0.2) is 4.39 Å². The monoisotopic (exact) mass is 337 g/mol. The smallest absolute Gasteiger partial charge is 0.133 e. The third-order valence-electron chi connectivity index (χ3n) is 4.40. The average Bonchev–Trinajstić information content (AvgIpc) is 2.60. The molecule has 0 amide bonds. The molecule has 0 radical (unpaired) electrons. The van der Waals surface area contributed by atoms with E-state index in [9.17, 15) is 9.50 Å². The van der Waals surface area contributed by atoms with Gasteiger partial charge in [-0.2, -0.15) is 0 Å². The maximum Gasteiger partial charge on any atom is 0.133 e. The number of aromatic hydroxyl groups is 1. The third kappa shape index (κ3) is 3.86. The first-order valence-corrected chi connectivity index (χ1v) is 8.32. The van der Waals surface area contributed by atoms with Crippen LogP contribution in [-0.2, 0) is 0 Å². The van der Waals surface area contributed by atoms with Gasteiger partial charge in [0.1, 0.15) is 17.6 Å². The summed E-state index contributed by atoms with van der Waals surface area (Å²) in [5.74, 6) is -0.0265. The Bertz CT molecular complexity index is 905. The van der Waals surface area contributed by atoms with Crippen molar-refractivity contribution < 1.29 is 14.4 Å². The van der Waals surface area contributed by atoms with Gasteiger partial charge in [-0.1, -0.05) is 42.5 Å². The Balaban J connectivity index is 1.88. The minimum absolute atomic E-state index is 0.0454. The van der Waals surface area contributed by atoms with Gasteiger partial charge in [0.25, 0.3) is 0 Å². The predicted molar refractivity (Wildman–Crippen MR) is 100 cm³/mol. The molecule has 0 aromatic heterocycles. The second-order valence-electron chi connectivity index (χ2n) is 6.40. The predicted octanol–water partition coefficient (Wildman–Crippen LogP) is 2.99. The lowest BCUT2D eigenvalue weighted by molar-refractivity contribution is -0.890. The van der Waals surface area contributed by atoms with Crippen molar-refractivity contribution in [2.24, 2.45) is 4.99 Å². The van der Waals surface area contributed by atoms with Gasteiger partial charge < -0.3 is 10.0 Å². The first-order chi connectivity index (χ1) is 12.1. The molecule has 3 aromatic rings. The maximum absolute atomic E-state index is 13.5. The summed E-state index contributed by atoms with van der Waals surface area (Å²) in [6.07, 6.45) is 1.72. The lowest BCUT2D eigenvalue weighted by Crippen LogP contribution is -3.06. The zero-order valence-corrected chi connectivity index (χ0v) is 14.4. The van der Waals surface area contributed by atoms with Crippen LogP contribution < -0.4 is 4.90 Å². The number of benzene rings is 3. The molecule has 4 heteroatoms. The van der Waals surface area contributed by atoms with Crippen molar-refractivity contribution >= 4 is 17.0 Å². The van der Waals surface area contributed by atoms with Gasteiger partial charge in [0.05, 0.1) is 20.6 Å². The summed E-state index contributed by atoms with van der Waals surface area (Å²) in [4.78, 5) is 5.72. The minimum atomic E-state index is -0.237. The molecule has 1 atom stereocenters. The van der Waals surface area contributed by atoms with Crippen LogP contribution in [0.1, 0.15) is 17.2 Å². The van der Waals surface area contributed by atoms with Crippen molar-refractivity contribution in [3.05, 3.63) is 77.6 Å². The quantitative estimate of drug-likeness (QED) is 0.690. The number of rotatable bonds is 5. The highest BCUT2D eigenvalue weighted by atomic mass is 19.1. The molecule has 3 aromatic carbocycles. The van der Waals surface area contributed by atoms with Crippen molar-refractivity contribution in [1.82, 2.24) is 0 Å². The number of likely N-dealkylation sites (N-methyl/N-ethyl adjacent to an activating group) is 1. The van der Waals surface area contributed by atoms with Crippen LogP contribution in [0.5, 0.6) is 5.75 Å². The SMILES string of the molecule is C[NH+](C)[C@H](CN=Cc1c(O)ccc2ccccc12)c1cccc(F)c1. The highest BCUT2D eigenvalue weighted by molar-refractivity contribution is 6.02. The van der Waals surface area contributed by atoms with Crippen LogP contribution in [-0.4, -0.2) is 32.0 Å². The molecule has 0 saturated heterocycles. The van der Waals surface area contributed by atoms with E-state index < -0.39 is 0 Å². The molecule has 3 nitrogen and oxygen atoms in total. The number of nitrogens with zero attached hydrogens (tertiary/aromatic N) is 1. The normalized spacial score (nSPS) is 13.0. The lowest BCUT2D eigenvalue weighted by Gasteiger charge is -2.20. The van der Waals surface area contributed by atoms with E-state index in [0.29, 0.717) is 12.1 Å². The van der Waals surface area contributed by atoms with E-state index in [4.69, 9.17) is 0 Å². The number of quaternary nitrogens is 1. The topological polar surface area (TPSA) is 37.0 Å². The summed E-state index contributed by atoms with van der Waals surface area (Å²) in [5, 5.41) is 12.2. The molecule has 0 aliphatic heterocycles. The number of hydrogen-bond donors (Lipinski definition) is 2. The zero-order chi connectivity index (χ0) is 17.8. The van der Waals surface area contributed by atoms with Gasteiger partial charge in [0, 0.05) is 17.3 Å². The summed E-state index contributed by atoms with van der Waals surface area (Å²) >= 11 is 0. The van der Waals surface area contributed by atoms with Crippen LogP contribution in [0.15, 0.2) is 65.7 Å². The molecule has 25 heavy (non-hydrogen) atoms. The van der Waals surface area contributed by atoms with Crippen LogP contribution in [0.25, 0.3) is 10.8 Å². The number of aliphatic imine (C=N–C) groups is 1. The second kappa shape index (κ2) is 7.45. The fourth-order valence-corrected chi connectivity index (χ4v) is 3.01. The summed E-state index contributed by atoms with van der Waals surface area (Å²) in [6, 6.07) is 18.2. The van der Waals surface area contributed by atoms with Gasteiger partial charge in [0.2, 0.25) is 0 Å². The Morgan fingerprint density at radius 3 is 2.64 bits per heavy atom. The number of halogens is 1. The van der Waals surface area contributed by atoms with Crippen molar-refractivity contribution in [2.45, 2.75) is 6.04 Å². The Hall–Kier alpha value is -2.72. The summed E-state index contributed by atoms with van der Waals surface area (Å²) < 4.78 is 13.5.